The van der Waals surface area contributed by atoms with Gasteiger partial charge in [-0.3, -0.25) is 4.79 Å². The Morgan fingerprint density at radius 2 is 1.34 bits per heavy atom. The molecule has 0 radical (unpaired) electrons. The molecule has 0 aliphatic heterocycles. The summed E-state index contributed by atoms with van der Waals surface area (Å²) in [5.74, 6) is -2.80. The van der Waals surface area contributed by atoms with E-state index in [1.807, 2.05) is 0 Å². The fraction of sp³-hybridized carbons (Fsp3) is 0.200. The van der Waals surface area contributed by atoms with Gasteiger partial charge in [0.15, 0.2) is 0 Å². The number of hydrogen-bond donors (Lipinski definition) is 2. The van der Waals surface area contributed by atoms with Crippen LogP contribution in [0.3, 0.4) is 0 Å². The number of phenols is 1. The molecule has 0 saturated carbocycles. The predicted molar refractivity (Wildman–Crippen MR) is 115 cm³/mol. The summed E-state index contributed by atoms with van der Waals surface area (Å²) in [6.45, 7) is 3.14. The highest BCUT2D eigenvalue weighted by Crippen LogP contribution is 2.30. The fourth-order valence-corrected chi connectivity index (χ4v) is 3.43. The SMILES string of the molecule is C[C@H](NC(=O)c1ccccc1O)C(=O)O[C@@H](C)C(c1ccc(F)cc1)c1ccc(F)cc1. The maximum absolute atomic E-state index is 13.4. The van der Waals surface area contributed by atoms with Crippen LogP contribution in [0.2, 0.25) is 0 Å². The topological polar surface area (TPSA) is 75.6 Å². The zero-order valence-corrected chi connectivity index (χ0v) is 17.6. The van der Waals surface area contributed by atoms with Crippen molar-refractivity contribution in [3.63, 3.8) is 0 Å². The first-order valence-corrected chi connectivity index (χ1v) is 10.1. The maximum Gasteiger partial charge on any atom is 0.328 e. The van der Waals surface area contributed by atoms with Crippen LogP contribution in [0.5, 0.6) is 5.75 Å². The molecule has 0 aliphatic carbocycles. The lowest BCUT2D eigenvalue weighted by molar-refractivity contribution is -0.150. The quantitative estimate of drug-likeness (QED) is 0.530. The number of benzene rings is 3. The molecule has 0 fully saturated rings. The minimum absolute atomic E-state index is 0.0377. The number of carbonyl (C=O) groups is 2. The van der Waals surface area contributed by atoms with Crippen molar-refractivity contribution in [3.05, 3.63) is 101 Å². The van der Waals surface area contributed by atoms with Gasteiger partial charge in [-0.2, -0.15) is 0 Å². The lowest BCUT2D eigenvalue weighted by Gasteiger charge is -2.26. The van der Waals surface area contributed by atoms with E-state index < -0.39 is 41.6 Å². The molecule has 0 bridgehead atoms. The molecule has 0 aromatic heterocycles. The molecule has 5 nitrogen and oxygen atoms in total. The number of hydrogen-bond acceptors (Lipinski definition) is 4. The van der Waals surface area contributed by atoms with Crippen LogP contribution in [0.1, 0.15) is 41.3 Å². The smallest absolute Gasteiger partial charge is 0.328 e. The summed E-state index contributed by atoms with van der Waals surface area (Å²) in [4.78, 5) is 25.0. The summed E-state index contributed by atoms with van der Waals surface area (Å²) in [5, 5.41) is 12.3. The van der Waals surface area contributed by atoms with E-state index in [1.165, 1.54) is 43.3 Å². The van der Waals surface area contributed by atoms with Crippen molar-refractivity contribution >= 4 is 11.9 Å². The van der Waals surface area contributed by atoms with E-state index >= 15 is 0 Å². The van der Waals surface area contributed by atoms with Gasteiger partial charge >= 0.3 is 5.97 Å². The monoisotopic (exact) mass is 439 g/mol. The van der Waals surface area contributed by atoms with Crippen LogP contribution < -0.4 is 5.32 Å². The van der Waals surface area contributed by atoms with Gasteiger partial charge in [-0.25, -0.2) is 13.6 Å². The number of halogens is 2. The summed E-state index contributed by atoms with van der Waals surface area (Å²) < 4.78 is 32.4. The molecule has 166 valence electrons. The summed E-state index contributed by atoms with van der Waals surface area (Å²) in [6.07, 6.45) is -0.706. The Hall–Kier alpha value is -3.74. The van der Waals surface area contributed by atoms with E-state index in [0.29, 0.717) is 11.1 Å². The van der Waals surface area contributed by atoms with Gasteiger partial charge in [0.05, 0.1) is 5.56 Å². The number of esters is 1. The molecule has 0 spiro atoms. The number of nitrogens with one attached hydrogen (secondary N) is 1. The van der Waals surface area contributed by atoms with E-state index in [9.17, 15) is 23.5 Å². The van der Waals surface area contributed by atoms with Crippen LogP contribution >= 0.6 is 0 Å². The number of ether oxygens (including phenoxy) is 1. The summed E-state index contributed by atoms with van der Waals surface area (Å²) in [5.41, 5.74) is 1.41. The highest BCUT2D eigenvalue weighted by Gasteiger charge is 2.28. The van der Waals surface area contributed by atoms with Crippen LogP contribution in [0, 0.1) is 11.6 Å². The van der Waals surface area contributed by atoms with E-state index in [-0.39, 0.29) is 11.3 Å². The fourth-order valence-electron chi connectivity index (χ4n) is 3.43. The van der Waals surface area contributed by atoms with Crippen molar-refractivity contribution in [2.75, 3.05) is 0 Å². The predicted octanol–water partition coefficient (Wildman–Crippen LogP) is 4.55. The lowest BCUT2D eigenvalue weighted by Crippen LogP contribution is -2.41. The molecule has 32 heavy (non-hydrogen) atoms. The number of amides is 1. The largest absolute Gasteiger partial charge is 0.507 e. The standard InChI is InChI=1S/C25H23F2NO4/c1-15(28-24(30)21-5-3-4-6-22(21)29)25(31)32-16(2)23(17-7-11-19(26)12-8-17)18-9-13-20(27)14-10-18/h3-16,23,29H,1-2H3,(H,28,30)/t15-,16-/m0/s1. The average Bonchev–Trinajstić information content (AvgIpc) is 2.76. The van der Waals surface area contributed by atoms with Gasteiger partial charge in [-0.15, -0.1) is 0 Å². The molecule has 3 aromatic rings. The molecule has 1 amide bonds. The Labute approximate surface area is 184 Å². The molecule has 2 N–H and O–H groups in total. The molecule has 0 saturated heterocycles. The molecule has 3 aromatic carbocycles. The van der Waals surface area contributed by atoms with Gasteiger partial charge in [0.2, 0.25) is 0 Å². The van der Waals surface area contributed by atoms with Gasteiger partial charge in [0.25, 0.3) is 5.91 Å². The minimum atomic E-state index is -0.994. The highest BCUT2D eigenvalue weighted by molar-refractivity contribution is 5.98. The van der Waals surface area contributed by atoms with E-state index in [1.54, 1.807) is 43.3 Å². The Morgan fingerprint density at radius 1 is 0.844 bits per heavy atom. The Morgan fingerprint density at radius 3 is 1.84 bits per heavy atom. The third kappa shape index (κ3) is 5.49. The van der Waals surface area contributed by atoms with Gasteiger partial charge in [0, 0.05) is 5.92 Å². The van der Waals surface area contributed by atoms with Crippen molar-refractivity contribution in [1.29, 1.82) is 0 Å². The van der Waals surface area contributed by atoms with Gasteiger partial charge in [0.1, 0.15) is 29.5 Å². The van der Waals surface area contributed by atoms with Crippen molar-refractivity contribution < 1.29 is 28.2 Å². The second kappa shape index (κ2) is 10.0. The summed E-state index contributed by atoms with van der Waals surface area (Å²) >= 11 is 0. The zero-order valence-electron chi connectivity index (χ0n) is 17.6. The van der Waals surface area contributed by atoms with Gasteiger partial charge in [-0.1, -0.05) is 36.4 Å². The van der Waals surface area contributed by atoms with Crippen LogP contribution in [0.4, 0.5) is 8.78 Å². The second-order valence-electron chi connectivity index (χ2n) is 7.44. The van der Waals surface area contributed by atoms with E-state index in [0.717, 1.165) is 0 Å². The summed E-state index contributed by atoms with van der Waals surface area (Å²) in [7, 11) is 0. The van der Waals surface area contributed by atoms with Crippen molar-refractivity contribution in [2.24, 2.45) is 0 Å². The molecule has 7 heteroatoms. The molecular weight excluding hydrogens is 416 g/mol. The van der Waals surface area contributed by atoms with E-state index in [4.69, 9.17) is 4.74 Å². The Kier molecular flexibility index (Phi) is 7.20. The first-order valence-electron chi connectivity index (χ1n) is 10.1. The average molecular weight is 439 g/mol. The van der Waals surface area contributed by atoms with Crippen LogP contribution in [0.15, 0.2) is 72.8 Å². The summed E-state index contributed by atoms with van der Waals surface area (Å²) in [6, 6.07) is 16.5. The maximum atomic E-state index is 13.4. The molecule has 0 heterocycles. The number of carbonyl (C=O) groups excluding carboxylic acids is 2. The molecular formula is C25H23F2NO4. The number of para-hydroxylation sites is 1. The van der Waals surface area contributed by atoms with Crippen LogP contribution in [-0.4, -0.2) is 29.1 Å². The third-order valence-electron chi connectivity index (χ3n) is 5.08. The number of phenolic OH excluding ortho intramolecular Hbond substituents is 1. The highest BCUT2D eigenvalue weighted by atomic mass is 19.1. The molecule has 0 aliphatic rings. The van der Waals surface area contributed by atoms with Crippen molar-refractivity contribution in [3.8, 4) is 5.75 Å². The van der Waals surface area contributed by atoms with Crippen molar-refractivity contribution in [2.45, 2.75) is 31.9 Å². The first-order chi connectivity index (χ1) is 15.3. The molecule has 3 rings (SSSR count). The van der Waals surface area contributed by atoms with E-state index in [2.05, 4.69) is 5.32 Å². The van der Waals surface area contributed by atoms with Crippen LogP contribution in [0.25, 0.3) is 0 Å². The minimum Gasteiger partial charge on any atom is -0.507 e. The Balaban J connectivity index is 1.76. The normalized spacial score (nSPS) is 12.8. The first kappa shape index (κ1) is 22.9. The molecule has 0 unspecified atom stereocenters. The van der Waals surface area contributed by atoms with Crippen LogP contribution in [-0.2, 0) is 9.53 Å². The zero-order chi connectivity index (χ0) is 23.3. The third-order valence-corrected chi connectivity index (χ3v) is 5.08. The number of aromatic hydroxyl groups is 1. The van der Waals surface area contributed by atoms with Gasteiger partial charge in [-0.05, 0) is 61.4 Å². The Bertz CT molecular complexity index is 1040. The molecule has 2 atom stereocenters. The number of rotatable bonds is 7. The van der Waals surface area contributed by atoms with Crippen molar-refractivity contribution in [1.82, 2.24) is 5.32 Å². The van der Waals surface area contributed by atoms with Gasteiger partial charge < -0.3 is 15.2 Å². The second-order valence-corrected chi connectivity index (χ2v) is 7.44. The lowest BCUT2D eigenvalue weighted by atomic mass is 9.87.